The van der Waals surface area contributed by atoms with Gasteiger partial charge in [0.2, 0.25) is 0 Å². The number of aromatic nitrogens is 2. The summed E-state index contributed by atoms with van der Waals surface area (Å²) in [6.45, 7) is 2.31. The number of thiazole rings is 1. The van der Waals surface area contributed by atoms with E-state index in [1.807, 2.05) is 12.1 Å². The van der Waals surface area contributed by atoms with Crippen LogP contribution in [0.4, 0.5) is 5.82 Å². The third-order valence-corrected chi connectivity index (χ3v) is 4.41. The minimum Gasteiger partial charge on any atom is -0.383 e. The van der Waals surface area contributed by atoms with Gasteiger partial charge in [0.15, 0.2) is 0 Å². The number of pyridine rings is 1. The molecule has 1 aliphatic rings. The predicted molar refractivity (Wildman–Crippen MR) is 70.9 cm³/mol. The highest BCUT2D eigenvalue weighted by atomic mass is 32.1. The Labute approximate surface area is 105 Å². The molecule has 17 heavy (non-hydrogen) atoms. The van der Waals surface area contributed by atoms with E-state index in [2.05, 4.69) is 11.9 Å². The fourth-order valence-electron chi connectivity index (χ4n) is 2.25. The molecule has 1 unspecified atom stereocenters. The van der Waals surface area contributed by atoms with Gasteiger partial charge in [0.25, 0.3) is 0 Å². The van der Waals surface area contributed by atoms with Crippen molar-refractivity contribution in [1.29, 1.82) is 0 Å². The normalized spacial score (nSPS) is 19.0. The van der Waals surface area contributed by atoms with E-state index >= 15 is 0 Å². The van der Waals surface area contributed by atoms with Crippen molar-refractivity contribution in [2.45, 2.75) is 26.2 Å². The molecular formula is C13H15N3S. The highest BCUT2D eigenvalue weighted by Crippen LogP contribution is 2.35. The standard InChI is InChI=1S/C13H15N3S/c1-8-4-5-10-11(7-8)17-13(16-10)9-3-2-6-15-12(9)14/h2-3,6,8H,4-5,7H2,1H3,(H2,14,15). The van der Waals surface area contributed by atoms with Crippen LogP contribution >= 0.6 is 11.3 Å². The first kappa shape index (κ1) is 10.7. The number of hydrogen-bond acceptors (Lipinski definition) is 4. The van der Waals surface area contributed by atoms with Gasteiger partial charge in [0.1, 0.15) is 10.8 Å². The van der Waals surface area contributed by atoms with Crippen LogP contribution in [0.5, 0.6) is 0 Å². The zero-order valence-corrected chi connectivity index (χ0v) is 10.6. The fraction of sp³-hybridized carbons (Fsp3) is 0.385. The molecule has 0 aromatic carbocycles. The molecule has 0 spiro atoms. The van der Waals surface area contributed by atoms with Gasteiger partial charge in [-0.3, -0.25) is 0 Å². The molecular weight excluding hydrogens is 230 g/mol. The number of aryl methyl sites for hydroxylation is 1. The average molecular weight is 245 g/mol. The maximum absolute atomic E-state index is 5.89. The van der Waals surface area contributed by atoms with Gasteiger partial charge in [-0.25, -0.2) is 9.97 Å². The summed E-state index contributed by atoms with van der Waals surface area (Å²) in [5.41, 5.74) is 8.13. The monoisotopic (exact) mass is 245 g/mol. The van der Waals surface area contributed by atoms with Gasteiger partial charge in [0.05, 0.1) is 11.3 Å². The molecule has 3 rings (SSSR count). The summed E-state index contributed by atoms with van der Waals surface area (Å²) in [5, 5.41) is 1.02. The number of anilines is 1. The number of hydrogen-bond donors (Lipinski definition) is 1. The van der Waals surface area contributed by atoms with Crippen molar-refractivity contribution in [3.8, 4) is 10.6 Å². The van der Waals surface area contributed by atoms with Crippen molar-refractivity contribution in [2.75, 3.05) is 5.73 Å². The van der Waals surface area contributed by atoms with E-state index in [1.165, 1.54) is 17.0 Å². The minimum absolute atomic E-state index is 0.576. The zero-order valence-electron chi connectivity index (χ0n) is 9.81. The van der Waals surface area contributed by atoms with Gasteiger partial charge in [0, 0.05) is 11.1 Å². The van der Waals surface area contributed by atoms with Gasteiger partial charge in [-0.2, -0.15) is 0 Å². The molecule has 0 amide bonds. The molecule has 0 saturated carbocycles. The average Bonchev–Trinajstić information content (AvgIpc) is 2.72. The van der Waals surface area contributed by atoms with E-state index in [1.54, 1.807) is 17.5 Å². The lowest BCUT2D eigenvalue weighted by Gasteiger charge is -2.15. The maximum Gasteiger partial charge on any atom is 0.133 e. The van der Waals surface area contributed by atoms with Gasteiger partial charge in [-0.1, -0.05) is 6.92 Å². The summed E-state index contributed by atoms with van der Waals surface area (Å²) in [4.78, 5) is 10.3. The van der Waals surface area contributed by atoms with Gasteiger partial charge in [-0.05, 0) is 37.3 Å². The molecule has 88 valence electrons. The third kappa shape index (κ3) is 1.93. The molecule has 0 saturated heterocycles. The second kappa shape index (κ2) is 4.11. The smallest absolute Gasteiger partial charge is 0.133 e. The third-order valence-electron chi connectivity index (χ3n) is 3.25. The molecule has 2 aromatic heterocycles. The van der Waals surface area contributed by atoms with Gasteiger partial charge in [-0.15, -0.1) is 11.3 Å². The number of fused-ring (bicyclic) bond motifs is 1. The van der Waals surface area contributed by atoms with Crippen molar-refractivity contribution in [1.82, 2.24) is 9.97 Å². The van der Waals surface area contributed by atoms with Crippen LogP contribution in [0.2, 0.25) is 0 Å². The Hall–Kier alpha value is -1.42. The van der Waals surface area contributed by atoms with Gasteiger partial charge >= 0.3 is 0 Å². The van der Waals surface area contributed by atoms with E-state index in [9.17, 15) is 0 Å². The van der Waals surface area contributed by atoms with Crippen LogP contribution in [-0.4, -0.2) is 9.97 Å². The van der Waals surface area contributed by atoms with Crippen molar-refractivity contribution in [2.24, 2.45) is 5.92 Å². The second-order valence-corrected chi connectivity index (χ2v) is 5.76. The maximum atomic E-state index is 5.89. The van der Waals surface area contributed by atoms with Crippen LogP contribution in [0, 0.1) is 5.92 Å². The van der Waals surface area contributed by atoms with E-state index in [4.69, 9.17) is 10.7 Å². The Morgan fingerprint density at radius 1 is 1.47 bits per heavy atom. The lowest BCUT2D eigenvalue weighted by molar-refractivity contribution is 0.502. The lowest BCUT2D eigenvalue weighted by atomic mass is 9.93. The number of nitrogens with two attached hydrogens (primary N) is 1. The summed E-state index contributed by atoms with van der Waals surface area (Å²) in [6.07, 6.45) is 5.23. The number of nitrogen functional groups attached to an aromatic ring is 1. The Morgan fingerprint density at radius 2 is 2.35 bits per heavy atom. The number of nitrogens with zero attached hydrogens (tertiary/aromatic N) is 2. The van der Waals surface area contributed by atoms with Crippen LogP contribution in [0.15, 0.2) is 18.3 Å². The Balaban J connectivity index is 2.03. The molecule has 1 aliphatic carbocycles. The van der Waals surface area contributed by atoms with E-state index in [0.717, 1.165) is 29.3 Å². The zero-order chi connectivity index (χ0) is 11.8. The molecule has 1 atom stereocenters. The molecule has 0 bridgehead atoms. The van der Waals surface area contributed by atoms with Crippen LogP contribution in [0.3, 0.4) is 0 Å². The van der Waals surface area contributed by atoms with Crippen LogP contribution in [0.1, 0.15) is 23.9 Å². The first-order valence-electron chi connectivity index (χ1n) is 5.93. The summed E-state index contributed by atoms with van der Waals surface area (Å²) >= 11 is 1.78. The van der Waals surface area contributed by atoms with E-state index in [-0.39, 0.29) is 0 Å². The fourth-order valence-corrected chi connectivity index (χ4v) is 3.56. The topological polar surface area (TPSA) is 51.8 Å². The molecule has 2 aromatic rings. The SMILES string of the molecule is CC1CCc2nc(-c3cccnc3N)sc2C1. The second-order valence-electron chi connectivity index (χ2n) is 4.67. The first-order valence-corrected chi connectivity index (χ1v) is 6.75. The molecule has 3 nitrogen and oxygen atoms in total. The highest BCUT2D eigenvalue weighted by Gasteiger charge is 2.20. The first-order chi connectivity index (χ1) is 8.24. The molecule has 0 fully saturated rings. The summed E-state index contributed by atoms with van der Waals surface area (Å²) in [7, 11) is 0. The summed E-state index contributed by atoms with van der Waals surface area (Å²) < 4.78 is 0. The Kier molecular flexibility index (Phi) is 2.59. The highest BCUT2D eigenvalue weighted by molar-refractivity contribution is 7.15. The van der Waals surface area contributed by atoms with E-state index in [0.29, 0.717) is 5.82 Å². The quantitative estimate of drug-likeness (QED) is 0.840. The van der Waals surface area contributed by atoms with Crippen LogP contribution in [-0.2, 0) is 12.8 Å². The summed E-state index contributed by atoms with van der Waals surface area (Å²) in [5.74, 6) is 1.36. The molecule has 2 N–H and O–H groups in total. The largest absolute Gasteiger partial charge is 0.383 e. The van der Waals surface area contributed by atoms with Crippen LogP contribution in [0.25, 0.3) is 10.6 Å². The Bertz CT molecular complexity index is 547. The molecule has 4 heteroatoms. The summed E-state index contributed by atoms with van der Waals surface area (Å²) in [6, 6.07) is 3.91. The van der Waals surface area contributed by atoms with Gasteiger partial charge < -0.3 is 5.73 Å². The lowest BCUT2D eigenvalue weighted by Crippen LogP contribution is -2.09. The van der Waals surface area contributed by atoms with Crippen molar-refractivity contribution < 1.29 is 0 Å². The predicted octanol–water partition coefficient (Wildman–Crippen LogP) is 2.91. The Morgan fingerprint density at radius 3 is 3.18 bits per heavy atom. The molecule has 0 radical (unpaired) electrons. The number of rotatable bonds is 1. The molecule has 2 heterocycles. The van der Waals surface area contributed by atoms with Crippen molar-refractivity contribution in [3.05, 3.63) is 28.9 Å². The van der Waals surface area contributed by atoms with E-state index < -0.39 is 0 Å². The van der Waals surface area contributed by atoms with Crippen molar-refractivity contribution >= 4 is 17.2 Å². The van der Waals surface area contributed by atoms with Crippen LogP contribution < -0.4 is 5.73 Å². The van der Waals surface area contributed by atoms with Crippen molar-refractivity contribution in [3.63, 3.8) is 0 Å². The molecule has 0 aliphatic heterocycles. The minimum atomic E-state index is 0.576.